The van der Waals surface area contributed by atoms with Crippen molar-refractivity contribution in [2.75, 3.05) is 31.1 Å². The molecule has 2 aromatic carbocycles. The molecule has 0 aromatic heterocycles. The summed E-state index contributed by atoms with van der Waals surface area (Å²) in [5.74, 6) is 4.43. The highest BCUT2D eigenvalue weighted by atomic mass is 16.5. The summed E-state index contributed by atoms with van der Waals surface area (Å²) in [5, 5.41) is 2.12. The summed E-state index contributed by atoms with van der Waals surface area (Å²) in [5.41, 5.74) is 4.92. The number of hydrogen-bond acceptors (Lipinski definition) is 3. The van der Waals surface area contributed by atoms with Gasteiger partial charge >= 0.3 is 0 Å². The van der Waals surface area contributed by atoms with E-state index in [-0.39, 0.29) is 0 Å². The first kappa shape index (κ1) is 14.5. The quantitative estimate of drug-likeness (QED) is 0.529. The summed E-state index contributed by atoms with van der Waals surface area (Å²) < 4.78 is 8.48. The first-order chi connectivity index (χ1) is 12.3. The smallest absolute Gasteiger partial charge is 0.208 e. The van der Waals surface area contributed by atoms with Crippen molar-refractivity contribution in [3.8, 4) is 23.8 Å². The summed E-state index contributed by atoms with van der Waals surface area (Å²) >= 11 is 0. The van der Waals surface area contributed by atoms with E-state index in [2.05, 4.69) is 46.6 Å². The molecule has 0 saturated carbocycles. The maximum atomic E-state index is 6.25. The Morgan fingerprint density at radius 3 is 2.96 bits per heavy atom. The van der Waals surface area contributed by atoms with Crippen LogP contribution >= 0.6 is 0 Å². The summed E-state index contributed by atoms with van der Waals surface area (Å²) in [4.78, 5) is 7.28. The first-order valence-corrected chi connectivity index (χ1v) is 8.93. The maximum Gasteiger partial charge on any atom is 0.208 e. The second kappa shape index (κ2) is 5.35. The fraction of sp³-hybridized carbons (Fsp3) is 0.333. The highest BCUT2D eigenvalue weighted by molar-refractivity contribution is 5.70. The Kier molecular flexibility index (Phi) is 3.11. The zero-order chi connectivity index (χ0) is 17.0. The molecule has 3 heterocycles. The van der Waals surface area contributed by atoms with Gasteiger partial charge in [0, 0.05) is 36.8 Å². The number of rotatable bonds is 2. The van der Waals surface area contributed by atoms with E-state index < -0.39 is 0 Å². The lowest BCUT2D eigenvalue weighted by Gasteiger charge is -2.20. The summed E-state index contributed by atoms with van der Waals surface area (Å²) in [6, 6.07) is 8.61. The number of ether oxygens (including phenoxy) is 1. The predicted molar refractivity (Wildman–Crippen MR) is 98.5 cm³/mol. The van der Waals surface area contributed by atoms with Gasteiger partial charge in [-0.25, -0.2) is 9.57 Å². The molecular weight excluding hydrogens is 310 g/mol. The zero-order valence-electron chi connectivity index (χ0n) is 14.4. The zero-order valence-corrected chi connectivity index (χ0v) is 14.4. The number of nitrogens with zero attached hydrogens (tertiary/aromatic N) is 3. The molecule has 3 aliphatic rings. The third-order valence-corrected chi connectivity index (χ3v) is 5.43. The topological polar surface area (TPSA) is 27.8 Å². The van der Waals surface area contributed by atoms with E-state index in [1.165, 1.54) is 22.2 Å². The van der Waals surface area contributed by atoms with Crippen LogP contribution in [-0.2, 0) is 12.8 Å². The van der Waals surface area contributed by atoms with Crippen LogP contribution in [0.5, 0.6) is 11.5 Å². The van der Waals surface area contributed by atoms with E-state index in [0.717, 1.165) is 55.0 Å². The molecule has 0 atom stereocenters. The lowest BCUT2D eigenvalue weighted by atomic mass is 10.1. The Balaban J connectivity index is 1.66. The Hall–Kier alpha value is -2.80. The van der Waals surface area contributed by atoms with Crippen LogP contribution in [0, 0.1) is 12.3 Å². The van der Waals surface area contributed by atoms with Gasteiger partial charge in [0.1, 0.15) is 17.6 Å². The number of terminal acetylenes is 1. The highest BCUT2D eigenvalue weighted by Gasteiger charge is 2.25. The Labute approximate surface area is 147 Å². The van der Waals surface area contributed by atoms with Crippen LogP contribution < -0.4 is 24.9 Å². The fourth-order valence-corrected chi connectivity index (χ4v) is 4.13. The van der Waals surface area contributed by atoms with Gasteiger partial charge in [0.15, 0.2) is 11.5 Å². The molecule has 5 rings (SSSR count). The first-order valence-electron chi connectivity index (χ1n) is 8.93. The van der Waals surface area contributed by atoms with Gasteiger partial charge in [-0.2, -0.15) is 0 Å². The molecule has 0 amide bonds. The molecule has 0 N–H and O–H groups in total. The van der Waals surface area contributed by atoms with Gasteiger partial charge in [-0.3, -0.25) is 0 Å². The van der Waals surface area contributed by atoms with Crippen molar-refractivity contribution in [3.05, 3.63) is 46.1 Å². The van der Waals surface area contributed by atoms with Crippen LogP contribution in [0.1, 0.15) is 18.1 Å². The monoisotopic (exact) mass is 330 g/mol. The van der Waals surface area contributed by atoms with E-state index >= 15 is 0 Å². The molecule has 0 unspecified atom stereocenters. The van der Waals surface area contributed by atoms with Gasteiger partial charge in [0.05, 0.1) is 6.07 Å². The second-order valence-corrected chi connectivity index (χ2v) is 6.82. The number of anilines is 1. The third-order valence-electron chi connectivity index (χ3n) is 5.43. The van der Waals surface area contributed by atoms with Crippen LogP contribution in [0.25, 0.3) is 0 Å². The lowest BCUT2D eigenvalue weighted by Crippen LogP contribution is -2.28. The lowest BCUT2D eigenvalue weighted by molar-refractivity contribution is 0.468. The Morgan fingerprint density at radius 1 is 1.20 bits per heavy atom. The van der Waals surface area contributed by atoms with Crippen molar-refractivity contribution in [1.82, 2.24) is 4.58 Å². The van der Waals surface area contributed by atoms with Crippen molar-refractivity contribution in [1.29, 1.82) is 0 Å². The molecule has 0 bridgehead atoms. The van der Waals surface area contributed by atoms with E-state index in [1.54, 1.807) is 0 Å². The van der Waals surface area contributed by atoms with E-state index in [0.29, 0.717) is 6.54 Å². The fourth-order valence-electron chi connectivity index (χ4n) is 4.13. The largest absolute Gasteiger partial charge is 0.452 e. The van der Waals surface area contributed by atoms with Crippen molar-refractivity contribution in [3.63, 3.8) is 0 Å². The van der Waals surface area contributed by atoms with Gasteiger partial charge in [-0.15, -0.1) is 6.42 Å². The molecule has 0 saturated heterocycles. The Morgan fingerprint density at radius 2 is 2.12 bits per heavy atom. The third kappa shape index (κ3) is 2.16. The summed E-state index contributed by atoms with van der Waals surface area (Å²) in [6.45, 7) is 5.90. The summed E-state index contributed by atoms with van der Waals surface area (Å²) in [6.07, 6.45) is 7.60. The minimum atomic E-state index is 0.637. The van der Waals surface area contributed by atoms with E-state index in [1.807, 2.05) is 0 Å². The van der Waals surface area contributed by atoms with Crippen LogP contribution in [0.4, 0.5) is 11.4 Å². The molecule has 25 heavy (non-hydrogen) atoms. The van der Waals surface area contributed by atoms with Crippen LogP contribution in [-0.4, -0.2) is 26.2 Å². The number of fused-ring (bicyclic) bond motifs is 4. The molecule has 3 aliphatic heterocycles. The molecule has 4 heteroatoms. The van der Waals surface area contributed by atoms with Gasteiger partial charge in [0.2, 0.25) is 11.9 Å². The molecule has 4 nitrogen and oxygen atoms in total. The van der Waals surface area contributed by atoms with E-state index in [4.69, 9.17) is 16.2 Å². The molecular formula is C21H20N3O+. The molecule has 0 spiro atoms. The minimum absolute atomic E-state index is 0.637. The maximum absolute atomic E-state index is 6.25. The van der Waals surface area contributed by atoms with Gasteiger partial charge < -0.3 is 9.64 Å². The molecule has 2 aromatic rings. The van der Waals surface area contributed by atoms with Crippen LogP contribution in [0.2, 0.25) is 0 Å². The number of likely N-dealkylation sites (N-methyl/N-ethyl adjacent to an activating group) is 1. The number of hydrogen-bond donors (Lipinski definition) is 0. The molecule has 0 radical (unpaired) electrons. The second-order valence-electron chi connectivity index (χ2n) is 6.82. The van der Waals surface area contributed by atoms with Gasteiger partial charge in [0.25, 0.3) is 0 Å². The highest BCUT2D eigenvalue weighted by Crippen LogP contribution is 2.41. The Bertz CT molecular complexity index is 1060. The van der Waals surface area contributed by atoms with Crippen molar-refractivity contribution >= 4 is 11.4 Å². The summed E-state index contributed by atoms with van der Waals surface area (Å²) in [7, 11) is 0. The molecule has 124 valence electrons. The average Bonchev–Trinajstić information content (AvgIpc) is 3.20. The molecule has 0 aliphatic carbocycles. The molecule has 0 fully saturated rings. The van der Waals surface area contributed by atoms with Crippen molar-refractivity contribution in [2.24, 2.45) is 4.99 Å². The van der Waals surface area contributed by atoms with Gasteiger partial charge in [-0.1, -0.05) is 0 Å². The van der Waals surface area contributed by atoms with Crippen LogP contribution in [0.3, 0.4) is 0 Å². The average molecular weight is 330 g/mol. The van der Waals surface area contributed by atoms with Crippen molar-refractivity contribution in [2.45, 2.75) is 19.8 Å². The van der Waals surface area contributed by atoms with Gasteiger partial charge in [-0.05, 0) is 37.0 Å². The van der Waals surface area contributed by atoms with Crippen LogP contribution in [0.15, 0.2) is 29.3 Å². The minimum Gasteiger partial charge on any atom is -0.452 e. The van der Waals surface area contributed by atoms with E-state index in [9.17, 15) is 0 Å². The standard InChI is InChI=1S/C21H20N3O/c1-3-7-24-9-6-15-11-17-21(13-19(15)24)25-20-12-18-14(10-16(20)22-17)5-8-23(18)4-2/h1,10-13H,4-9H2,2H3/q+1. The van der Waals surface area contributed by atoms with Crippen molar-refractivity contribution < 1.29 is 4.74 Å². The normalized spacial score (nSPS) is 16.3. The predicted octanol–water partition coefficient (Wildman–Crippen LogP) is 1.81. The SMILES string of the molecule is C#CC[N+]1=c2cc3c(cc2CC1)=Nc1cc2c(cc1O3)N(CC)CC2. The number of benzene rings is 2.